The van der Waals surface area contributed by atoms with Crippen molar-refractivity contribution in [2.24, 2.45) is 0 Å². The molecule has 5 heteroatoms. The monoisotopic (exact) mass is 313 g/mol. The Balaban J connectivity index is 2.30. The molecule has 0 atom stereocenters. The third-order valence-corrected chi connectivity index (χ3v) is 3.81. The zero-order chi connectivity index (χ0) is 15.7. The van der Waals surface area contributed by atoms with Crippen LogP contribution in [0, 0.1) is 6.92 Å². The van der Waals surface area contributed by atoms with Crippen LogP contribution in [0.5, 0.6) is 0 Å². The van der Waals surface area contributed by atoms with E-state index >= 15 is 0 Å². The molecule has 0 radical (unpaired) electrons. The fraction of sp³-hybridized carbons (Fsp3) is 0.235. The Kier molecular flexibility index (Phi) is 3.94. The summed E-state index contributed by atoms with van der Waals surface area (Å²) in [6.07, 6.45) is 2.96. The predicted octanol–water partition coefficient (Wildman–Crippen LogP) is 4.34. The van der Waals surface area contributed by atoms with E-state index in [0.29, 0.717) is 22.8 Å². The Hall–Kier alpha value is -2.20. The first-order chi connectivity index (χ1) is 10.6. The number of carbonyl (C=O) groups excluding carboxylic acids is 1. The first-order valence-corrected chi connectivity index (χ1v) is 7.63. The number of benzene rings is 1. The van der Waals surface area contributed by atoms with Crippen molar-refractivity contribution >= 4 is 23.0 Å². The van der Waals surface area contributed by atoms with Crippen LogP contribution in [-0.4, -0.2) is 20.4 Å². The highest BCUT2D eigenvalue weighted by Gasteiger charge is 2.21. The largest absolute Gasteiger partial charge is 0.292 e. The van der Waals surface area contributed by atoms with Gasteiger partial charge in [-0.25, -0.2) is 9.50 Å². The van der Waals surface area contributed by atoms with Gasteiger partial charge in [-0.1, -0.05) is 24.6 Å². The highest BCUT2D eigenvalue weighted by molar-refractivity contribution is 6.30. The van der Waals surface area contributed by atoms with Gasteiger partial charge in [-0.2, -0.15) is 5.10 Å². The number of hydrogen-bond acceptors (Lipinski definition) is 3. The maximum Gasteiger partial charge on any atom is 0.183 e. The average molecular weight is 314 g/mol. The lowest BCUT2D eigenvalue weighted by atomic mass is 10.0. The highest BCUT2D eigenvalue weighted by atomic mass is 35.5. The number of halogens is 1. The van der Waals surface area contributed by atoms with Gasteiger partial charge in [-0.05, 0) is 43.2 Å². The molecular formula is C17H16ClN3O. The van der Waals surface area contributed by atoms with Crippen molar-refractivity contribution in [3.05, 3.63) is 52.8 Å². The van der Waals surface area contributed by atoms with E-state index in [1.807, 2.05) is 44.2 Å². The minimum Gasteiger partial charge on any atom is -0.292 e. The van der Waals surface area contributed by atoms with E-state index in [9.17, 15) is 4.79 Å². The molecule has 1 aromatic carbocycles. The summed E-state index contributed by atoms with van der Waals surface area (Å²) in [4.78, 5) is 16.9. The molecule has 0 aliphatic carbocycles. The second-order valence-electron chi connectivity index (χ2n) is 5.24. The van der Waals surface area contributed by atoms with E-state index in [2.05, 4.69) is 10.1 Å². The molecule has 0 N–H and O–H groups in total. The van der Waals surface area contributed by atoms with Gasteiger partial charge < -0.3 is 0 Å². The van der Waals surface area contributed by atoms with E-state index in [1.165, 1.54) is 0 Å². The normalized spacial score (nSPS) is 11.0. The molecule has 3 aromatic rings. The lowest BCUT2D eigenvalue weighted by Crippen LogP contribution is -2.03. The minimum absolute atomic E-state index is 0.0392. The average Bonchev–Trinajstić information content (AvgIpc) is 2.87. The zero-order valence-corrected chi connectivity index (χ0v) is 13.3. The number of nitrogens with zero attached hydrogens (tertiary/aromatic N) is 3. The van der Waals surface area contributed by atoms with Gasteiger partial charge in [-0.15, -0.1) is 0 Å². The van der Waals surface area contributed by atoms with Gasteiger partial charge in [0.05, 0.1) is 0 Å². The first kappa shape index (κ1) is 14.7. The summed E-state index contributed by atoms with van der Waals surface area (Å²) in [6.45, 7) is 3.96. The van der Waals surface area contributed by atoms with Crippen LogP contribution < -0.4 is 0 Å². The summed E-state index contributed by atoms with van der Waals surface area (Å²) < 4.78 is 1.72. The molecule has 0 saturated carbocycles. The molecule has 0 fully saturated rings. The molecule has 112 valence electrons. The van der Waals surface area contributed by atoms with Gasteiger partial charge >= 0.3 is 0 Å². The summed E-state index contributed by atoms with van der Waals surface area (Å²) in [5.74, 6) is 0.0392. The van der Waals surface area contributed by atoms with Crippen LogP contribution in [0.25, 0.3) is 16.9 Å². The Morgan fingerprint density at radius 3 is 2.86 bits per heavy atom. The third-order valence-electron chi connectivity index (χ3n) is 3.58. The van der Waals surface area contributed by atoms with Crippen LogP contribution in [0.2, 0.25) is 5.02 Å². The summed E-state index contributed by atoms with van der Waals surface area (Å²) >= 11 is 6.04. The van der Waals surface area contributed by atoms with E-state index in [1.54, 1.807) is 10.7 Å². The second kappa shape index (κ2) is 5.89. The topological polar surface area (TPSA) is 47.3 Å². The van der Waals surface area contributed by atoms with E-state index < -0.39 is 0 Å². The number of hydrogen-bond donors (Lipinski definition) is 0. The molecule has 22 heavy (non-hydrogen) atoms. The van der Waals surface area contributed by atoms with Gasteiger partial charge in [0.1, 0.15) is 11.4 Å². The summed E-state index contributed by atoms with van der Waals surface area (Å²) in [5.41, 5.74) is 3.81. The maximum atomic E-state index is 12.5. The molecule has 0 bridgehead atoms. The molecule has 0 spiro atoms. The van der Waals surface area contributed by atoms with Crippen LogP contribution in [0.1, 0.15) is 35.8 Å². The Bertz CT molecular complexity index is 854. The van der Waals surface area contributed by atoms with Crippen molar-refractivity contribution in [1.82, 2.24) is 14.6 Å². The smallest absolute Gasteiger partial charge is 0.183 e. The van der Waals surface area contributed by atoms with Crippen molar-refractivity contribution < 1.29 is 4.79 Å². The molecule has 0 aliphatic rings. The Morgan fingerprint density at radius 1 is 1.32 bits per heavy atom. The minimum atomic E-state index is 0.0392. The maximum absolute atomic E-state index is 12.5. The molecule has 0 aliphatic heterocycles. The SMILES string of the molecule is CCCC(=O)c1nc2cccnn2c1-c1ccc(Cl)cc1C. The van der Waals surface area contributed by atoms with Crippen LogP contribution in [0.15, 0.2) is 36.5 Å². The molecule has 2 aromatic heterocycles. The van der Waals surface area contributed by atoms with Crippen molar-refractivity contribution in [2.45, 2.75) is 26.7 Å². The number of ketones is 1. The Morgan fingerprint density at radius 2 is 2.14 bits per heavy atom. The molecule has 2 heterocycles. The van der Waals surface area contributed by atoms with Crippen LogP contribution in [-0.2, 0) is 0 Å². The van der Waals surface area contributed by atoms with E-state index in [-0.39, 0.29) is 5.78 Å². The van der Waals surface area contributed by atoms with Crippen molar-refractivity contribution in [2.75, 3.05) is 0 Å². The molecule has 4 nitrogen and oxygen atoms in total. The molecule has 0 amide bonds. The van der Waals surface area contributed by atoms with Crippen molar-refractivity contribution in [3.63, 3.8) is 0 Å². The number of imidazole rings is 1. The van der Waals surface area contributed by atoms with Crippen LogP contribution in [0.4, 0.5) is 0 Å². The number of aryl methyl sites for hydroxylation is 1. The van der Waals surface area contributed by atoms with Gasteiger partial charge in [0.25, 0.3) is 0 Å². The summed E-state index contributed by atoms with van der Waals surface area (Å²) in [5, 5.41) is 5.02. The number of Topliss-reactive ketones (excluding diaryl/α,β-unsaturated/α-hetero) is 1. The van der Waals surface area contributed by atoms with Gasteiger partial charge in [0.2, 0.25) is 0 Å². The van der Waals surface area contributed by atoms with E-state index in [0.717, 1.165) is 23.2 Å². The van der Waals surface area contributed by atoms with Crippen molar-refractivity contribution in [1.29, 1.82) is 0 Å². The molecular weight excluding hydrogens is 298 g/mol. The van der Waals surface area contributed by atoms with Crippen LogP contribution in [0.3, 0.4) is 0 Å². The fourth-order valence-electron chi connectivity index (χ4n) is 2.56. The third kappa shape index (κ3) is 2.50. The lowest BCUT2D eigenvalue weighted by molar-refractivity contribution is 0.0978. The van der Waals surface area contributed by atoms with Crippen LogP contribution >= 0.6 is 11.6 Å². The molecule has 0 saturated heterocycles. The predicted molar refractivity (Wildman–Crippen MR) is 87.4 cm³/mol. The standard InChI is InChI=1S/C17H16ClN3O/c1-3-5-14(22)16-17(13-8-7-12(18)10-11(13)2)21-15(20-16)6-4-9-19-21/h4,6-10H,3,5H2,1-2H3. The molecule has 0 unspecified atom stereocenters. The van der Waals surface area contributed by atoms with Gasteiger partial charge in [0.15, 0.2) is 11.4 Å². The number of aromatic nitrogens is 3. The summed E-state index contributed by atoms with van der Waals surface area (Å²) in [7, 11) is 0. The molecule has 3 rings (SSSR count). The van der Waals surface area contributed by atoms with Gasteiger partial charge in [0, 0.05) is 23.2 Å². The fourth-order valence-corrected chi connectivity index (χ4v) is 2.79. The van der Waals surface area contributed by atoms with Crippen molar-refractivity contribution in [3.8, 4) is 11.3 Å². The van der Waals surface area contributed by atoms with Gasteiger partial charge in [-0.3, -0.25) is 4.79 Å². The first-order valence-electron chi connectivity index (χ1n) is 7.25. The number of fused-ring (bicyclic) bond motifs is 1. The number of carbonyl (C=O) groups is 1. The lowest BCUT2D eigenvalue weighted by Gasteiger charge is -2.08. The van der Waals surface area contributed by atoms with E-state index in [4.69, 9.17) is 11.6 Å². The Labute approximate surface area is 133 Å². The summed E-state index contributed by atoms with van der Waals surface area (Å²) in [6, 6.07) is 9.28. The zero-order valence-electron chi connectivity index (χ0n) is 12.5. The highest BCUT2D eigenvalue weighted by Crippen LogP contribution is 2.30. The number of rotatable bonds is 4. The second-order valence-corrected chi connectivity index (χ2v) is 5.67. The quantitative estimate of drug-likeness (QED) is 0.673.